The number of carboxylic acids is 1. The van der Waals surface area contributed by atoms with E-state index in [-0.39, 0.29) is 30.9 Å². The molecule has 0 saturated heterocycles. The lowest BCUT2D eigenvalue weighted by molar-refractivity contribution is -0.750. The van der Waals surface area contributed by atoms with Crippen LogP contribution < -0.4 is 15.3 Å². The Kier molecular flexibility index (Phi) is 6.45. The fourth-order valence-electron chi connectivity index (χ4n) is 3.44. The Hall–Kier alpha value is -4.46. The number of aliphatic imine (C=N–C) groups is 1. The zero-order chi connectivity index (χ0) is 23.2. The van der Waals surface area contributed by atoms with Crippen molar-refractivity contribution in [3.8, 4) is 0 Å². The minimum atomic E-state index is -1.02. The standard InChI is InChI=1S/C25H22N4O4/c30-23(26-15-18-7-3-1-4-8-18)22-24(31)29(17-19-9-5-2-6-10-19)27-28(22)16-20-11-13-21(14-12-20)25(32)33/h1-14H,15-17H2,(H2-,26,27,30,31,32,33). The van der Waals surface area contributed by atoms with Gasteiger partial charge in [0, 0.05) is 5.90 Å². The maximum absolute atomic E-state index is 13.1. The molecule has 0 aliphatic rings. The van der Waals surface area contributed by atoms with Crippen LogP contribution >= 0.6 is 0 Å². The third-order valence-corrected chi connectivity index (χ3v) is 5.13. The zero-order valence-corrected chi connectivity index (χ0v) is 17.7. The van der Waals surface area contributed by atoms with Gasteiger partial charge in [-0.15, -0.1) is 9.36 Å². The van der Waals surface area contributed by atoms with Gasteiger partial charge in [-0.2, -0.15) is 0 Å². The van der Waals surface area contributed by atoms with Gasteiger partial charge in [-0.05, 0) is 28.8 Å². The van der Waals surface area contributed by atoms with Gasteiger partial charge in [0.15, 0.2) is 0 Å². The number of aromatic amines is 1. The van der Waals surface area contributed by atoms with Crippen LogP contribution in [0.5, 0.6) is 0 Å². The molecule has 0 spiro atoms. The van der Waals surface area contributed by atoms with E-state index in [4.69, 9.17) is 5.11 Å². The van der Waals surface area contributed by atoms with Crippen LogP contribution in [0.2, 0.25) is 0 Å². The Morgan fingerprint density at radius 2 is 1.52 bits per heavy atom. The fourth-order valence-corrected chi connectivity index (χ4v) is 3.44. The van der Waals surface area contributed by atoms with Crippen LogP contribution in [-0.2, 0) is 19.6 Å². The van der Waals surface area contributed by atoms with Crippen molar-refractivity contribution >= 4 is 11.9 Å². The van der Waals surface area contributed by atoms with Crippen LogP contribution in [0.4, 0.5) is 0 Å². The average Bonchev–Trinajstić information content (AvgIpc) is 3.13. The molecule has 8 nitrogen and oxygen atoms in total. The molecular formula is C25H22N4O4. The summed E-state index contributed by atoms with van der Waals surface area (Å²) in [5, 5.41) is 25.0. The van der Waals surface area contributed by atoms with Gasteiger partial charge in [0.05, 0.1) is 12.1 Å². The number of rotatable bonds is 8. The molecule has 0 radical (unpaired) electrons. The van der Waals surface area contributed by atoms with Crippen LogP contribution in [0, 0.1) is 0 Å². The van der Waals surface area contributed by atoms with E-state index in [1.807, 2.05) is 60.7 Å². The lowest BCUT2D eigenvalue weighted by Gasteiger charge is -2.08. The van der Waals surface area contributed by atoms with Crippen LogP contribution in [0.15, 0.2) is 94.7 Å². The number of hydrogen-bond acceptors (Lipinski definition) is 4. The number of aromatic carboxylic acids is 1. The maximum atomic E-state index is 13.1. The Balaban J connectivity index is 1.69. The summed E-state index contributed by atoms with van der Waals surface area (Å²) in [5.74, 6) is -1.64. The van der Waals surface area contributed by atoms with Crippen molar-refractivity contribution in [2.45, 2.75) is 19.6 Å². The number of carboxylic acid groups (broad SMARTS) is 1. The van der Waals surface area contributed by atoms with E-state index in [9.17, 15) is 14.7 Å². The summed E-state index contributed by atoms with van der Waals surface area (Å²) in [7, 11) is 0. The van der Waals surface area contributed by atoms with E-state index >= 15 is 0 Å². The normalized spacial score (nSPS) is 11.5. The number of carbonyl (C=O) groups is 1. The van der Waals surface area contributed by atoms with Gasteiger partial charge in [0.2, 0.25) is 5.69 Å². The van der Waals surface area contributed by atoms with E-state index in [1.54, 1.807) is 12.1 Å². The van der Waals surface area contributed by atoms with Crippen molar-refractivity contribution in [3.05, 3.63) is 123 Å². The predicted molar refractivity (Wildman–Crippen MR) is 120 cm³/mol. The van der Waals surface area contributed by atoms with Crippen molar-refractivity contribution in [1.29, 1.82) is 0 Å². The first-order valence-electron chi connectivity index (χ1n) is 10.4. The van der Waals surface area contributed by atoms with Crippen molar-refractivity contribution in [1.82, 2.24) is 9.90 Å². The first-order valence-corrected chi connectivity index (χ1v) is 10.4. The molecule has 1 heterocycles. The van der Waals surface area contributed by atoms with Crippen molar-refractivity contribution < 1.29 is 19.7 Å². The van der Waals surface area contributed by atoms with Crippen molar-refractivity contribution in [2.75, 3.05) is 0 Å². The Labute approximate surface area is 189 Å². The molecule has 0 fully saturated rings. The Morgan fingerprint density at radius 3 is 2.12 bits per heavy atom. The molecular weight excluding hydrogens is 420 g/mol. The number of H-pyrrole nitrogens is 1. The van der Waals surface area contributed by atoms with Gasteiger partial charge in [-0.25, -0.2) is 9.59 Å². The molecule has 0 aliphatic carbocycles. The fraction of sp³-hybridized carbons (Fsp3) is 0.120. The van der Waals surface area contributed by atoms with Gasteiger partial charge < -0.3 is 10.2 Å². The third-order valence-electron chi connectivity index (χ3n) is 5.13. The smallest absolute Gasteiger partial charge is 0.401 e. The Bertz CT molecular complexity index is 1320. The van der Waals surface area contributed by atoms with Gasteiger partial charge >= 0.3 is 11.5 Å². The molecule has 0 aliphatic heterocycles. The van der Waals surface area contributed by atoms with Gasteiger partial charge in [0.1, 0.15) is 13.1 Å². The second-order valence-electron chi connectivity index (χ2n) is 7.52. The molecule has 4 aromatic rings. The van der Waals surface area contributed by atoms with E-state index in [0.717, 1.165) is 16.7 Å². The van der Waals surface area contributed by atoms with Crippen LogP contribution in [0.1, 0.15) is 32.7 Å². The largest absolute Gasteiger partial charge is 0.856 e. The summed E-state index contributed by atoms with van der Waals surface area (Å²) >= 11 is 0. The summed E-state index contributed by atoms with van der Waals surface area (Å²) in [4.78, 5) is 28.4. The van der Waals surface area contributed by atoms with Crippen LogP contribution in [0.25, 0.3) is 0 Å². The number of hydrogen-bond donors (Lipinski definition) is 2. The first-order chi connectivity index (χ1) is 16.0. The molecule has 4 rings (SSSR count). The zero-order valence-electron chi connectivity index (χ0n) is 17.7. The second-order valence-corrected chi connectivity index (χ2v) is 7.52. The molecule has 3 aromatic carbocycles. The third kappa shape index (κ3) is 5.24. The number of benzene rings is 3. The number of aromatic nitrogens is 3. The summed E-state index contributed by atoms with van der Waals surface area (Å²) in [6.45, 7) is 0.610. The van der Waals surface area contributed by atoms with E-state index in [2.05, 4.69) is 10.2 Å². The number of nitrogens with one attached hydrogen (secondary N) is 1. The van der Waals surface area contributed by atoms with Crippen molar-refractivity contribution in [2.24, 2.45) is 4.99 Å². The van der Waals surface area contributed by atoms with Crippen LogP contribution in [0.3, 0.4) is 0 Å². The molecule has 0 atom stereocenters. The monoisotopic (exact) mass is 442 g/mol. The quantitative estimate of drug-likeness (QED) is 0.245. The number of nitrogens with zero attached hydrogens (tertiary/aromatic N) is 3. The van der Waals surface area contributed by atoms with E-state index in [1.165, 1.54) is 21.5 Å². The van der Waals surface area contributed by atoms with Crippen LogP contribution in [-0.4, -0.2) is 26.9 Å². The van der Waals surface area contributed by atoms with Gasteiger partial charge in [0.25, 0.3) is 0 Å². The molecule has 0 saturated carbocycles. The van der Waals surface area contributed by atoms with Crippen molar-refractivity contribution in [3.63, 3.8) is 0 Å². The summed E-state index contributed by atoms with van der Waals surface area (Å²) in [6.07, 6.45) is 0. The van der Waals surface area contributed by atoms with E-state index in [0.29, 0.717) is 0 Å². The van der Waals surface area contributed by atoms with Gasteiger partial charge in [-0.3, -0.25) is 4.99 Å². The minimum absolute atomic E-state index is 0.0795. The lowest BCUT2D eigenvalue weighted by Crippen LogP contribution is -2.47. The highest BCUT2D eigenvalue weighted by molar-refractivity contribution is 5.87. The molecule has 33 heavy (non-hydrogen) atoms. The molecule has 8 heteroatoms. The summed E-state index contributed by atoms with van der Waals surface area (Å²) < 4.78 is 2.82. The molecule has 166 valence electrons. The molecule has 1 aromatic heterocycles. The minimum Gasteiger partial charge on any atom is -0.856 e. The Morgan fingerprint density at radius 1 is 0.909 bits per heavy atom. The highest BCUT2D eigenvalue weighted by Gasteiger charge is 2.22. The highest BCUT2D eigenvalue weighted by Crippen LogP contribution is 2.06. The molecule has 2 N–H and O–H groups in total. The summed E-state index contributed by atoms with van der Waals surface area (Å²) in [6, 6.07) is 25.0. The lowest BCUT2D eigenvalue weighted by atomic mass is 10.1. The first kappa shape index (κ1) is 21.8. The average molecular weight is 442 g/mol. The molecule has 0 amide bonds. The molecule has 0 unspecified atom stereocenters. The van der Waals surface area contributed by atoms with Gasteiger partial charge in [-0.1, -0.05) is 78.0 Å². The summed E-state index contributed by atoms with van der Waals surface area (Å²) in [5.41, 5.74) is 2.11. The topological polar surface area (TPSA) is 114 Å². The highest BCUT2D eigenvalue weighted by atomic mass is 16.4. The maximum Gasteiger partial charge on any atom is 0.401 e. The second kappa shape index (κ2) is 9.78. The predicted octanol–water partition coefficient (Wildman–Crippen LogP) is 1.57. The SMILES string of the molecule is O=C(O)c1ccc(C[n+]2[nH]n(Cc3ccccc3)c(=O)c2C([O-])=NCc2ccccc2)cc1. The molecule has 0 bridgehead atoms. The van der Waals surface area contributed by atoms with E-state index < -0.39 is 17.4 Å².